The van der Waals surface area contributed by atoms with Gasteiger partial charge in [-0.3, -0.25) is 0 Å². The zero-order valence-corrected chi connectivity index (χ0v) is 17.8. The Morgan fingerprint density at radius 1 is 1.18 bits per heavy atom. The number of hydrogen-bond acceptors (Lipinski definition) is 5. The molecule has 0 aromatic heterocycles. The van der Waals surface area contributed by atoms with Crippen molar-refractivity contribution in [2.75, 3.05) is 6.61 Å². The van der Waals surface area contributed by atoms with Crippen LogP contribution in [0.1, 0.15) is 50.7 Å². The molecule has 1 aliphatic heterocycles. The van der Waals surface area contributed by atoms with Crippen molar-refractivity contribution in [3.8, 4) is 0 Å². The lowest BCUT2D eigenvalue weighted by molar-refractivity contribution is -0.00209. The summed E-state index contributed by atoms with van der Waals surface area (Å²) in [6.45, 7) is 6.36. The van der Waals surface area contributed by atoms with Crippen molar-refractivity contribution in [3.63, 3.8) is 0 Å². The zero-order valence-electron chi connectivity index (χ0n) is 17.0. The van der Waals surface area contributed by atoms with Crippen molar-refractivity contribution in [1.82, 2.24) is 0 Å². The Labute approximate surface area is 172 Å². The van der Waals surface area contributed by atoms with Crippen molar-refractivity contribution in [1.29, 1.82) is 0 Å². The van der Waals surface area contributed by atoms with Crippen LogP contribution >= 0.6 is 11.8 Å². The molecular formula is C23H33NO3S. The summed E-state index contributed by atoms with van der Waals surface area (Å²) in [5, 5.41) is 29.8. The highest BCUT2D eigenvalue weighted by atomic mass is 32.2. The maximum absolute atomic E-state index is 10.3. The van der Waals surface area contributed by atoms with Crippen LogP contribution in [0, 0.1) is 5.92 Å². The lowest BCUT2D eigenvalue weighted by atomic mass is 9.80. The molecule has 0 amide bonds. The average molecular weight is 404 g/mol. The molecule has 0 bridgehead atoms. The summed E-state index contributed by atoms with van der Waals surface area (Å²) in [5.74, 6) is 0.783. The van der Waals surface area contributed by atoms with Crippen LogP contribution in [0.25, 0.3) is 0 Å². The molecule has 1 saturated heterocycles. The van der Waals surface area contributed by atoms with Gasteiger partial charge in [-0.05, 0) is 60.8 Å². The predicted molar refractivity (Wildman–Crippen MR) is 116 cm³/mol. The van der Waals surface area contributed by atoms with E-state index in [2.05, 4.69) is 51.1 Å². The van der Waals surface area contributed by atoms with Gasteiger partial charge in [-0.1, -0.05) is 43.7 Å². The van der Waals surface area contributed by atoms with Gasteiger partial charge in [0.1, 0.15) is 0 Å². The third-order valence-corrected chi connectivity index (χ3v) is 7.78. The van der Waals surface area contributed by atoms with Gasteiger partial charge in [0.05, 0.1) is 24.1 Å². The molecule has 1 heterocycles. The lowest BCUT2D eigenvalue weighted by Crippen LogP contribution is -2.46. The van der Waals surface area contributed by atoms with Gasteiger partial charge in [0.15, 0.2) is 0 Å². The van der Waals surface area contributed by atoms with Gasteiger partial charge in [-0.15, -0.1) is 11.8 Å². The maximum Gasteiger partial charge on any atom is 0.0940 e. The molecule has 1 aliphatic carbocycles. The average Bonchev–Trinajstić information content (AvgIpc) is 2.66. The predicted octanol–water partition coefficient (Wildman–Crippen LogP) is 3.12. The molecule has 3 rings (SSSR count). The molecule has 3 unspecified atom stereocenters. The third-order valence-electron chi connectivity index (χ3n) is 6.13. The molecule has 5 N–H and O–H groups in total. The van der Waals surface area contributed by atoms with Crippen LogP contribution in [0.2, 0.25) is 0 Å². The van der Waals surface area contributed by atoms with E-state index in [-0.39, 0.29) is 23.0 Å². The molecule has 4 nitrogen and oxygen atoms in total. The number of benzene rings is 1. The summed E-state index contributed by atoms with van der Waals surface area (Å²) < 4.78 is 0. The summed E-state index contributed by atoms with van der Waals surface area (Å²) in [5.41, 5.74) is 12.2. The van der Waals surface area contributed by atoms with E-state index >= 15 is 0 Å². The van der Waals surface area contributed by atoms with Crippen LogP contribution in [0.5, 0.6) is 0 Å². The summed E-state index contributed by atoms with van der Waals surface area (Å²) >= 11 is 1.60. The highest BCUT2D eigenvalue weighted by Crippen LogP contribution is 2.43. The topological polar surface area (TPSA) is 86.7 Å². The molecule has 5 heteroatoms. The number of allylic oxidation sites excluding steroid dienone is 3. The second kappa shape index (κ2) is 9.04. The Morgan fingerprint density at radius 3 is 2.46 bits per heavy atom. The number of hydrogen-bond donors (Lipinski definition) is 4. The molecular weight excluding hydrogens is 370 g/mol. The van der Waals surface area contributed by atoms with Crippen molar-refractivity contribution in [3.05, 3.63) is 58.3 Å². The molecule has 1 fully saturated rings. The highest BCUT2D eigenvalue weighted by Gasteiger charge is 2.40. The van der Waals surface area contributed by atoms with Crippen LogP contribution in [0.4, 0.5) is 0 Å². The Hall–Kier alpha value is -1.27. The first-order valence-corrected chi connectivity index (χ1v) is 11.1. The summed E-state index contributed by atoms with van der Waals surface area (Å²) in [6, 6.07) is 8.76. The number of aliphatic hydroxyl groups is 3. The molecule has 28 heavy (non-hydrogen) atoms. The summed E-state index contributed by atoms with van der Waals surface area (Å²) in [4.78, 5) is 0. The van der Waals surface area contributed by atoms with Crippen molar-refractivity contribution in [2.45, 2.75) is 68.7 Å². The Balaban J connectivity index is 1.74. The number of rotatable bonds is 5. The first-order chi connectivity index (χ1) is 13.3. The van der Waals surface area contributed by atoms with Gasteiger partial charge in [-0.2, -0.15) is 0 Å². The van der Waals surface area contributed by atoms with E-state index in [1.165, 1.54) is 22.3 Å². The normalized spacial score (nSPS) is 31.2. The summed E-state index contributed by atoms with van der Waals surface area (Å²) in [6.07, 6.45) is 2.65. The fourth-order valence-corrected chi connectivity index (χ4v) is 5.95. The highest BCUT2D eigenvalue weighted by molar-refractivity contribution is 8.00. The van der Waals surface area contributed by atoms with Crippen molar-refractivity contribution in [2.24, 2.45) is 11.7 Å². The Bertz CT molecular complexity index is 741. The first kappa shape index (κ1) is 21.4. The van der Waals surface area contributed by atoms with Gasteiger partial charge in [0.2, 0.25) is 0 Å². The van der Waals surface area contributed by atoms with E-state index in [1.54, 1.807) is 11.8 Å². The zero-order chi connectivity index (χ0) is 20.4. The third kappa shape index (κ3) is 4.65. The Morgan fingerprint density at radius 2 is 1.86 bits per heavy atom. The van der Waals surface area contributed by atoms with E-state index in [4.69, 9.17) is 5.73 Å². The fourth-order valence-electron chi connectivity index (χ4n) is 4.26. The standard InChI is InChI=1S/C23H33NO3S/c1-13(2)16-6-4-15(5-7-16)9-17-10-18(14(3)8-19(17)24)21-11-20(26)23(27)22(12-25)28-21/h4-8,13,18,20-23,25-27H,9-12,24H2,1-3H3/t18?,20?,21-,22?,23+/m1/s1. The van der Waals surface area contributed by atoms with E-state index in [9.17, 15) is 15.3 Å². The van der Waals surface area contributed by atoms with Crippen LogP contribution < -0.4 is 5.73 Å². The number of thioether (sulfide) groups is 1. The second-order valence-electron chi connectivity index (χ2n) is 8.52. The van der Waals surface area contributed by atoms with E-state index in [1.807, 2.05) is 0 Å². The number of nitrogens with two attached hydrogens (primary N) is 1. The molecule has 1 aromatic carbocycles. The molecule has 0 radical (unpaired) electrons. The van der Waals surface area contributed by atoms with Gasteiger partial charge in [0, 0.05) is 10.9 Å². The monoisotopic (exact) mass is 403 g/mol. The minimum absolute atomic E-state index is 0.123. The van der Waals surface area contributed by atoms with Gasteiger partial charge in [-0.25, -0.2) is 0 Å². The minimum Gasteiger partial charge on any atom is -0.399 e. The van der Waals surface area contributed by atoms with E-state index < -0.39 is 12.2 Å². The Kier molecular flexibility index (Phi) is 6.92. The van der Waals surface area contributed by atoms with Gasteiger partial charge < -0.3 is 21.1 Å². The smallest absolute Gasteiger partial charge is 0.0940 e. The fraction of sp³-hybridized carbons (Fsp3) is 0.565. The molecule has 5 atom stereocenters. The number of aliphatic hydroxyl groups excluding tert-OH is 3. The first-order valence-electron chi connectivity index (χ1n) is 10.2. The van der Waals surface area contributed by atoms with E-state index in [0.717, 1.165) is 18.5 Å². The van der Waals surface area contributed by atoms with Crippen molar-refractivity contribution < 1.29 is 15.3 Å². The molecule has 0 saturated carbocycles. The van der Waals surface area contributed by atoms with Gasteiger partial charge >= 0.3 is 0 Å². The lowest BCUT2D eigenvalue weighted by Gasteiger charge is -2.41. The van der Waals surface area contributed by atoms with Crippen LogP contribution in [-0.2, 0) is 6.42 Å². The quantitative estimate of drug-likeness (QED) is 0.607. The van der Waals surface area contributed by atoms with Crippen LogP contribution in [0.3, 0.4) is 0 Å². The maximum atomic E-state index is 10.3. The van der Waals surface area contributed by atoms with Gasteiger partial charge in [0.25, 0.3) is 0 Å². The van der Waals surface area contributed by atoms with E-state index in [0.29, 0.717) is 12.3 Å². The van der Waals surface area contributed by atoms with Crippen molar-refractivity contribution >= 4 is 11.8 Å². The van der Waals surface area contributed by atoms with Crippen LogP contribution in [-0.4, -0.2) is 44.6 Å². The minimum atomic E-state index is -0.862. The molecule has 0 spiro atoms. The SMILES string of the molecule is CC1=CC(N)=C(Cc2ccc(C(C)C)cc2)CC1[C@H]1CC(O)[C@H](O)C(CO)S1. The molecule has 154 valence electrons. The molecule has 1 aromatic rings. The summed E-state index contributed by atoms with van der Waals surface area (Å²) in [7, 11) is 0. The largest absolute Gasteiger partial charge is 0.399 e. The molecule has 2 aliphatic rings. The second-order valence-corrected chi connectivity index (χ2v) is 10.0. The van der Waals surface area contributed by atoms with Crippen LogP contribution in [0.15, 0.2) is 47.2 Å².